The Kier molecular flexibility index (Phi) is 9.89. The molecule has 0 amide bonds. The minimum atomic E-state index is 1.07. The number of aromatic nitrogens is 1. The monoisotopic (exact) mass is 840 g/mol. The Morgan fingerprint density at radius 3 is 1.42 bits per heavy atom. The molecule has 0 atom stereocenters. The van der Waals surface area contributed by atoms with Crippen molar-refractivity contribution in [1.82, 2.24) is 4.57 Å². The second-order valence-corrected chi connectivity index (χ2v) is 16.9. The third-order valence-corrected chi connectivity index (χ3v) is 12.9. The Labute approximate surface area is 385 Å². The van der Waals surface area contributed by atoms with E-state index in [1.807, 2.05) is 0 Å². The lowest BCUT2D eigenvalue weighted by atomic mass is 9.94. The van der Waals surface area contributed by atoms with Crippen LogP contribution >= 0.6 is 0 Å². The highest BCUT2D eigenvalue weighted by molar-refractivity contribution is 6.24. The van der Waals surface area contributed by atoms with Crippen LogP contribution in [0.15, 0.2) is 267 Å². The molecule has 11 aromatic carbocycles. The van der Waals surface area contributed by atoms with E-state index in [9.17, 15) is 0 Å². The Hall–Kier alpha value is -8.72. The molecule has 0 aliphatic heterocycles. The maximum Gasteiger partial charge on any atom is 0.0625 e. The molecule has 0 fully saturated rings. The van der Waals surface area contributed by atoms with Gasteiger partial charge >= 0.3 is 0 Å². The standard InChI is InChI=1S/C64H44N2/c1-5-20-45(21-6-1)51-40-52(46-22-7-2-8-23-46)43-56(42-51)65(54-38-36-48(37-39-54)58-32-16-15-31-57(58)47-24-9-3-10-25-47)55-30-19-27-49(41-55)61-44-50-26-13-14-33-59(50)64-63(61)60-34-17-18-35-62(60)66(64)53-28-11-4-12-29-53/h1-44H. The Morgan fingerprint density at radius 2 is 0.773 bits per heavy atom. The number of para-hydroxylation sites is 2. The largest absolute Gasteiger partial charge is 0.310 e. The summed E-state index contributed by atoms with van der Waals surface area (Å²) in [6, 6.07) is 97.0. The van der Waals surface area contributed by atoms with E-state index in [0.717, 1.165) is 39.4 Å². The van der Waals surface area contributed by atoms with Crippen LogP contribution in [0.4, 0.5) is 17.1 Å². The topological polar surface area (TPSA) is 8.17 Å². The Morgan fingerprint density at radius 1 is 0.273 bits per heavy atom. The van der Waals surface area contributed by atoms with Gasteiger partial charge < -0.3 is 9.47 Å². The predicted molar refractivity (Wildman–Crippen MR) is 280 cm³/mol. The highest BCUT2D eigenvalue weighted by atomic mass is 15.1. The Balaban J connectivity index is 1.09. The lowest BCUT2D eigenvalue weighted by molar-refractivity contribution is 1.19. The van der Waals surface area contributed by atoms with Crippen molar-refractivity contribution < 1.29 is 0 Å². The fourth-order valence-corrected chi connectivity index (χ4v) is 9.90. The smallest absolute Gasteiger partial charge is 0.0625 e. The number of anilines is 3. The van der Waals surface area contributed by atoms with Crippen molar-refractivity contribution in [2.24, 2.45) is 0 Å². The summed E-state index contributed by atoms with van der Waals surface area (Å²) in [5, 5.41) is 4.91. The second-order valence-electron chi connectivity index (χ2n) is 16.9. The second kappa shape index (κ2) is 16.8. The van der Waals surface area contributed by atoms with E-state index in [1.165, 1.54) is 71.5 Å². The first-order valence-electron chi connectivity index (χ1n) is 22.7. The van der Waals surface area contributed by atoms with Gasteiger partial charge in [-0.15, -0.1) is 0 Å². The molecule has 2 heteroatoms. The van der Waals surface area contributed by atoms with Gasteiger partial charge in [-0.3, -0.25) is 0 Å². The summed E-state index contributed by atoms with van der Waals surface area (Å²) >= 11 is 0. The molecular formula is C64H44N2. The molecule has 0 saturated carbocycles. The van der Waals surface area contributed by atoms with Crippen LogP contribution in [0, 0.1) is 0 Å². The van der Waals surface area contributed by atoms with Crippen LogP contribution in [-0.4, -0.2) is 4.57 Å². The van der Waals surface area contributed by atoms with Crippen molar-refractivity contribution in [2.75, 3.05) is 4.90 Å². The van der Waals surface area contributed by atoms with Crippen molar-refractivity contribution in [2.45, 2.75) is 0 Å². The molecule has 0 spiro atoms. The van der Waals surface area contributed by atoms with E-state index in [2.05, 4.69) is 276 Å². The van der Waals surface area contributed by atoms with E-state index in [0.29, 0.717) is 0 Å². The van der Waals surface area contributed by atoms with Gasteiger partial charge in [0.25, 0.3) is 0 Å². The first-order chi connectivity index (χ1) is 32.7. The van der Waals surface area contributed by atoms with Gasteiger partial charge in [0.2, 0.25) is 0 Å². The average Bonchev–Trinajstić information content (AvgIpc) is 3.75. The molecule has 0 aliphatic rings. The van der Waals surface area contributed by atoms with Crippen LogP contribution in [0.3, 0.4) is 0 Å². The highest BCUT2D eigenvalue weighted by Gasteiger charge is 2.22. The van der Waals surface area contributed by atoms with Gasteiger partial charge in [-0.1, -0.05) is 200 Å². The molecule has 0 aliphatic carbocycles. The summed E-state index contributed by atoms with van der Waals surface area (Å²) in [7, 11) is 0. The van der Waals surface area contributed by atoms with Crippen molar-refractivity contribution in [3.8, 4) is 61.3 Å². The van der Waals surface area contributed by atoms with Gasteiger partial charge in [-0.25, -0.2) is 0 Å². The molecule has 66 heavy (non-hydrogen) atoms. The normalized spacial score (nSPS) is 11.3. The van der Waals surface area contributed by atoms with Crippen LogP contribution in [0.5, 0.6) is 0 Å². The maximum atomic E-state index is 2.45. The van der Waals surface area contributed by atoms with Crippen molar-refractivity contribution in [3.05, 3.63) is 267 Å². The van der Waals surface area contributed by atoms with Crippen molar-refractivity contribution >= 4 is 49.6 Å². The van der Waals surface area contributed by atoms with Crippen LogP contribution in [0.2, 0.25) is 0 Å². The molecule has 12 rings (SSSR count). The molecule has 1 aromatic heterocycles. The van der Waals surface area contributed by atoms with E-state index in [-0.39, 0.29) is 0 Å². The molecule has 0 saturated heterocycles. The molecule has 1 heterocycles. The first kappa shape index (κ1) is 38.9. The third kappa shape index (κ3) is 7.02. The fraction of sp³-hybridized carbons (Fsp3) is 0. The quantitative estimate of drug-likeness (QED) is 0.141. The fourth-order valence-electron chi connectivity index (χ4n) is 9.90. The number of fused-ring (bicyclic) bond motifs is 5. The number of nitrogens with zero attached hydrogens (tertiary/aromatic N) is 2. The minimum Gasteiger partial charge on any atom is -0.310 e. The average molecular weight is 841 g/mol. The number of hydrogen-bond donors (Lipinski definition) is 0. The van der Waals surface area contributed by atoms with E-state index in [4.69, 9.17) is 0 Å². The molecule has 2 nitrogen and oxygen atoms in total. The first-order valence-corrected chi connectivity index (χ1v) is 22.7. The minimum absolute atomic E-state index is 1.07. The third-order valence-electron chi connectivity index (χ3n) is 12.9. The summed E-state index contributed by atoms with van der Waals surface area (Å²) < 4.78 is 2.45. The van der Waals surface area contributed by atoms with Gasteiger partial charge in [0, 0.05) is 38.9 Å². The molecule has 0 unspecified atom stereocenters. The van der Waals surface area contributed by atoms with E-state index < -0.39 is 0 Å². The van der Waals surface area contributed by atoms with Gasteiger partial charge in [-0.2, -0.15) is 0 Å². The van der Waals surface area contributed by atoms with Gasteiger partial charge in [0.1, 0.15) is 0 Å². The van der Waals surface area contributed by atoms with E-state index >= 15 is 0 Å². The highest BCUT2D eigenvalue weighted by Crippen LogP contribution is 2.46. The van der Waals surface area contributed by atoms with Crippen molar-refractivity contribution in [3.63, 3.8) is 0 Å². The maximum absolute atomic E-state index is 2.45. The van der Waals surface area contributed by atoms with Crippen LogP contribution < -0.4 is 4.90 Å². The summed E-state index contributed by atoms with van der Waals surface area (Å²) in [4.78, 5) is 2.43. The number of hydrogen-bond acceptors (Lipinski definition) is 1. The van der Waals surface area contributed by atoms with Crippen LogP contribution in [-0.2, 0) is 0 Å². The van der Waals surface area contributed by atoms with Crippen molar-refractivity contribution in [1.29, 1.82) is 0 Å². The zero-order chi connectivity index (χ0) is 43.8. The van der Waals surface area contributed by atoms with Gasteiger partial charge in [0.05, 0.1) is 11.0 Å². The summed E-state index contributed by atoms with van der Waals surface area (Å²) in [6.45, 7) is 0. The molecule has 0 N–H and O–H groups in total. The summed E-state index contributed by atoms with van der Waals surface area (Å²) in [5.74, 6) is 0. The molecule has 0 bridgehead atoms. The molecule has 310 valence electrons. The van der Waals surface area contributed by atoms with Gasteiger partial charge in [0.15, 0.2) is 0 Å². The molecule has 0 radical (unpaired) electrons. The van der Waals surface area contributed by atoms with Crippen LogP contribution in [0.25, 0.3) is 93.9 Å². The summed E-state index contributed by atoms with van der Waals surface area (Å²) in [5.41, 5.74) is 18.6. The lowest BCUT2D eigenvalue weighted by Gasteiger charge is -2.28. The van der Waals surface area contributed by atoms with E-state index in [1.54, 1.807) is 0 Å². The SMILES string of the molecule is c1ccc(-c2cc(-c3ccccc3)cc(N(c3ccc(-c4ccccc4-c4ccccc4)cc3)c3cccc(-c4cc5ccccc5c5c4c4ccccc4n5-c4ccccc4)c3)c2)cc1. The number of rotatable bonds is 9. The zero-order valence-corrected chi connectivity index (χ0v) is 36.3. The zero-order valence-electron chi connectivity index (χ0n) is 36.3. The van der Waals surface area contributed by atoms with Crippen LogP contribution in [0.1, 0.15) is 0 Å². The van der Waals surface area contributed by atoms with Gasteiger partial charge in [-0.05, 0) is 128 Å². The molecule has 12 aromatic rings. The molecular weight excluding hydrogens is 797 g/mol. The summed E-state index contributed by atoms with van der Waals surface area (Å²) in [6.07, 6.45) is 0. The lowest BCUT2D eigenvalue weighted by Crippen LogP contribution is -2.10. The predicted octanol–water partition coefficient (Wildman–Crippen LogP) is 17.7. The number of benzene rings is 11. The Bertz CT molecular complexity index is 3610.